The zero-order chi connectivity index (χ0) is 19.2. The van der Waals surface area contributed by atoms with Crippen LogP contribution in [-0.4, -0.2) is 37.7 Å². The van der Waals surface area contributed by atoms with Gasteiger partial charge in [-0.3, -0.25) is 4.79 Å². The van der Waals surface area contributed by atoms with Crippen LogP contribution in [0.1, 0.15) is 31.7 Å². The fourth-order valence-corrected chi connectivity index (χ4v) is 5.05. The maximum atomic E-state index is 13.8. The molecule has 1 aliphatic heterocycles. The van der Waals surface area contributed by atoms with Crippen molar-refractivity contribution in [2.45, 2.75) is 53.8 Å². The second-order valence-electron chi connectivity index (χ2n) is 6.93. The molecule has 9 heteroatoms. The van der Waals surface area contributed by atoms with Crippen molar-refractivity contribution in [1.29, 1.82) is 5.26 Å². The first-order valence-electron chi connectivity index (χ1n) is 8.27. The molecule has 1 saturated carbocycles. The number of carbonyl (C=O) groups excluding carboxylic acids is 1. The van der Waals surface area contributed by atoms with Crippen molar-refractivity contribution in [3.05, 3.63) is 29.8 Å². The Balaban J connectivity index is 1.78. The molecule has 2 atom stereocenters. The summed E-state index contributed by atoms with van der Waals surface area (Å²) in [6.07, 6.45) is 1.12. The van der Waals surface area contributed by atoms with Crippen molar-refractivity contribution in [3.8, 4) is 6.07 Å². The van der Waals surface area contributed by atoms with Gasteiger partial charge in [0.25, 0.3) is 5.92 Å². The van der Waals surface area contributed by atoms with Gasteiger partial charge in [0.1, 0.15) is 5.54 Å². The third kappa shape index (κ3) is 3.44. The lowest BCUT2D eigenvalue weighted by Crippen LogP contribution is -2.45. The number of halogens is 2. The fraction of sp³-hybridized carbons (Fsp3) is 0.529. The Bertz CT molecular complexity index is 870. The van der Waals surface area contributed by atoms with Crippen LogP contribution >= 0.6 is 0 Å². The lowest BCUT2D eigenvalue weighted by Gasteiger charge is -2.18. The van der Waals surface area contributed by atoms with E-state index in [2.05, 4.69) is 10.6 Å². The summed E-state index contributed by atoms with van der Waals surface area (Å²) in [5.41, 5.74) is -1.39. The highest BCUT2D eigenvalue weighted by Gasteiger charge is 2.47. The number of hydrogen-bond acceptors (Lipinski definition) is 5. The van der Waals surface area contributed by atoms with Crippen LogP contribution in [0.4, 0.5) is 8.78 Å². The molecular formula is C17H19F2N3O3S. The van der Waals surface area contributed by atoms with Crippen molar-refractivity contribution >= 4 is 15.7 Å². The molecule has 3 rings (SSSR count). The molecule has 1 saturated heterocycles. The van der Waals surface area contributed by atoms with Gasteiger partial charge < -0.3 is 10.6 Å². The molecule has 1 aromatic carbocycles. The Morgan fingerprint density at radius 3 is 2.62 bits per heavy atom. The Kier molecular flexibility index (Phi) is 4.53. The van der Waals surface area contributed by atoms with Gasteiger partial charge in [0.15, 0.2) is 9.84 Å². The summed E-state index contributed by atoms with van der Waals surface area (Å²) in [6.45, 7) is 0.644. The highest BCUT2D eigenvalue weighted by Crippen LogP contribution is 2.36. The zero-order valence-electron chi connectivity index (χ0n) is 14.1. The molecule has 2 N–H and O–H groups in total. The Morgan fingerprint density at radius 2 is 2.04 bits per heavy atom. The Labute approximate surface area is 150 Å². The number of nitrogens with zero attached hydrogens (tertiary/aromatic N) is 1. The average molecular weight is 383 g/mol. The maximum absolute atomic E-state index is 13.8. The second-order valence-corrected chi connectivity index (χ2v) is 9.13. The summed E-state index contributed by atoms with van der Waals surface area (Å²) in [6, 6.07) is 6.31. The summed E-state index contributed by atoms with van der Waals surface area (Å²) in [5, 5.41) is 13.5. The normalized spacial score (nSPS) is 24.7. The summed E-state index contributed by atoms with van der Waals surface area (Å²) in [4.78, 5) is 11.8. The fourth-order valence-electron chi connectivity index (χ4n) is 3.11. The van der Waals surface area contributed by atoms with Crippen LogP contribution in [0.3, 0.4) is 0 Å². The summed E-state index contributed by atoms with van der Waals surface area (Å²) < 4.78 is 53.3. The number of hydrogen-bond donors (Lipinski definition) is 2. The number of carbonyl (C=O) groups is 1. The van der Waals surface area contributed by atoms with E-state index < -0.39 is 49.0 Å². The Hall–Kier alpha value is -2.05. The van der Waals surface area contributed by atoms with Crippen molar-refractivity contribution in [1.82, 2.24) is 10.6 Å². The van der Waals surface area contributed by atoms with Crippen molar-refractivity contribution in [3.63, 3.8) is 0 Å². The van der Waals surface area contributed by atoms with Crippen LogP contribution in [0, 0.1) is 11.3 Å². The number of benzene rings is 1. The van der Waals surface area contributed by atoms with Crippen molar-refractivity contribution in [2.75, 3.05) is 6.54 Å². The van der Waals surface area contributed by atoms with Gasteiger partial charge in [0, 0.05) is 19.0 Å². The molecule has 1 unspecified atom stereocenters. The maximum Gasteiger partial charge on any atom is 0.271 e. The highest BCUT2D eigenvalue weighted by molar-refractivity contribution is 7.92. The standard InChI is InChI=1S/C17H19F2N3O3S/c1-16(18,19)12-4-2-3-5-14(12)26(24,25)11-8-13(21-9-11)15(23)22-17(10-20)6-7-17/h2-5,11,13,21H,6-9H2,1H3,(H,22,23)/t11-,13?/m1/s1. The van der Waals surface area contributed by atoms with Gasteiger partial charge in [0.2, 0.25) is 5.91 Å². The molecule has 26 heavy (non-hydrogen) atoms. The number of nitriles is 1. The van der Waals surface area contributed by atoms with E-state index in [-0.39, 0.29) is 13.0 Å². The van der Waals surface area contributed by atoms with E-state index in [0.29, 0.717) is 19.8 Å². The number of sulfone groups is 1. The summed E-state index contributed by atoms with van der Waals surface area (Å²) in [5.74, 6) is -3.73. The van der Waals surface area contributed by atoms with E-state index in [1.165, 1.54) is 18.2 Å². The van der Waals surface area contributed by atoms with E-state index in [4.69, 9.17) is 5.26 Å². The van der Waals surface area contributed by atoms with E-state index in [1.807, 2.05) is 6.07 Å². The molecule has 1 heterocycles. The van der Waals surface area contributed by atoms with Crippen LogP contribution in [0.25, 0.3) is 0 Å². The lowest BCUT2D eigenvalue weighted by molar-refractivity contribution is -0.123. The van der Waals surface area contributed by atoms with E-state index in [1.54, 1.807) is 0 Å². The minimum Gasteiger partial charge on any atom is -0.336 e. The van der Waals surface area contributed by atoms with Gasteiger partial charge in [0.05, 0.1) is 22.3 Å². The monoisotopic (exact) mass is 383 g/mol. The number of amides is 1. The van der Waals surface area contributed by atoms with E-state index in [9.17, 15) is 22.0 Å². The average Bonchev–Trinajstić information content (AvgIpc) is 3.17. The molecule has 0 spiro atoms. The zero-order valence-corrected chi connectivity index (χ0v) is 14.9. The quantitative estimate of drug-likeness (QED) is 0.802. The van der Waals surface area contributed by atoms with E-state index >= 15 is 0 Å². The highest BCUT2D eigenvalue weighted by atomic mass is 32.2. The number of nitrogens with one attached hydrogen (secondary N) is 2. The third-order valence-electron chi connectivity index (χ3n) is 4.84. The van der Waals surface area contributed by atoms with Crippen LogP contribution in [0.15, 0.2) is 29.2 Å². The second kappa shape index (κ2) is 6.28. The Morgan fingerprint density at radius 1 is 1.38 bits per heavy atom. The van der Waals surface area contributed by atoms with Crippen molar-refractivity contribution < 1.29 is 22.0 Å². The molecule has 0 aromatic heterocycles. The van der Waals surface area contributed by atoms with Gasteiger partial charge in [-0.2, -0.15) is 5.26 Å². The number of alkyl halides is 2. The van der Waals surface area contributed by atoms with Gasteiger partial charge in [-0.25, -0.2) is 17.2 Å². The molecule has 140 valence electrons. The number of rotatable bonds is 5. The van der Waals surface area contributed by atoms with Crippen LogP contribution in [0.2, 0.25) is 0 Å². The molecular weight excluding hydrogens is 364 g/mol. The lowest BCUT2D eigenvalue weighted by atomic mass is 10.1. The van der Waals surface area contributed by atoms with Gasteiger partial charge in [-0.1, -0.05) is 18.2 Å². The molecule has 6 nitrogen and oxygen atoms in total. The van der Waals surface area contributed by atoms with Crippen LogP contribution < -0.4 is 10.6 Å². The molecule has 1 aromatic rings. The topological polar surface area (TPSA) is 99.1 Å². The van der Waals surface area contributed by atoms with Gasteiger partial charge in [-0.05, 0) is 25.3 Å². The minimum atomic E-state index is -4.04. The smallest absolute Gasteiger partial charge is 0.271 e. The van der Waals surface area contributed by atoms with Crippen LogP contribution in [0.5, 0.6) is 0 Å². The molecule has 1 amide bonds. The predicted molar refractivity (Wildman–Crippen MR) is 89.1 cm³/mol. The van der Waals surface area contributed by atoms with Gasteiger partial charge in [-0.15, -0.1) is 0 Å². The predicted octanol–water partition coefficient (Wildman–Crippen LogP) is 1.47. The molecule has 1 aliphatic carbocycles. The first-order valence-corrected chi connectivity index (χ1v) is 9.82. The minimum absolute atomic E-state index is 0.0103. The largest absolute Gasteiger partial charge is 0.336 e. The summed E-state index contributed by atoms with van der Waals surface area (Å²) >= 11 is 0. The first kappa shape index (κ1) is 18.7. The molecule has 0 bridgehead atoms. The SMILES string of the molecule is CC(F)(F)c1ccccc1S(=O)(=O)[C@H]1CNC(C(=O)NC2(C#N)CC2)C1. The summed E-state index contributed by atoms with van der Waals surface area (Å²) in [7, 11) is -4.04. The molecule has 0 radical (unpaired) electrons. The van der Waals surface area contributed by atoms with Crippen molar-refractivity contribution in [2.24, 2.45) is 0 Å². The van der Waals surface area contributed by atoms with Crippen LogP contribution in [-0.2, 0) is 20.6 Å². The van der Waals surface area contributed by atoms with E-state index in [0.717, 1.165) is 6.07 Å². The molecule has 2 fully saturated rings. The molecule has 2 aliphatic rings. The third-order valence-corrected chi connectivity index (χ3v) is 7.04. The van der Waals surface area contributed by atoms with Gasteiger partial charge >= 0.3 is 0 Å². The first-order chi connectivity index (χ1) is 12.1.